The monoisotopic (exact) mass is 184 g/mol. The molecule has 0 heterocycles. The van der Waals surface area contributed by atoms with Gasteiger partial charge in [0.15, 0.2) is 0 Å². The molecular weight excluding hydrogens is 172 g/mol. The minimum absolute atomic E-state index is 0. The zero-order valence-corrected chi connectivity index (χ0v) is 7.60. The van der Waals surface area contributed by atoms with Gasteiger partial charge in [-0.3, -0.25) is 0 Å². The largest absolute Gasteiger partial charge is 0.310 e. The van der Waals surface area contributed by atoms with Gasteiger partial charge in [0, 0.05) is 0 Å². The molecule has 0 saturated heterocycles. The summed E-state index contributed by atoms with van der Waals surface area (Å²) in [4.78, 5) is 0. The van der Waals surface area contributed by atoms with E-state index in [-0.39, 0.29) is 12.4 Å². The van der Waals surface area contributed by atoms with Crippen molar-refractivity contribution in [3.8, 4) is 0 Å². The van der Waals surface area contributed by atoms with Crippen LogP contribution in [0.4, 0.5) is 0 Å². The molecule has 4 N–H and O–H groups in total. The zero-order valence-electron chi connectivity index (χ0n) is 6.79. The third-order valence-corrected chi connectivity index (χ3v) is 2.33. The number of hydrogen-bond donors (Lipinski definition) is 2. The van der Waals surface area contributed by atoms with Crippen LogP contribution >= 0.6 is 12.4 Å². The van der Waals surface area contributed by atoms with Crippen molar-refractivity contribution in [2.45, 2.75) is 18.5 Å². The Kier molecular flexibility index (Phi) is 2.42. The first-order valence-electron chi connectivity index (χ1n) is 3.86. The van der Waals surface area contributed by atoms with Crippen LogP contribution in [0, 0.1) is 0 Å². The molecule has 0 spiro atoms. The highest BCUT2D eigenvalue weighted by Crippen LogP contribution is 2.29. The number of aryl methyl sites for hydroxylation is 1. The predicted molar refractivity (Wildman–Crippen MR) is 52.1 cm³/mol. The van der Waals surface area contributed by atoms with E-state index in [4.69, 9.17) is 11.5 Å². The van der Waals surface area contributed by atoms with Gasteiger partial charge in [-0.05, 0) is 24.0 Å². The van der Waals surface area contributed by atoms with E-state index in [1.54, 1.807) is 0 Å². The van der Waals surface area contributed by atoms with Gasteiger partial charge >= 0.3 is 0 Å². The number of halogens is 1. The molecule has 0 radical (unpaired) electrons. The normalized spacial score (nSPS) is 18.2. The maximum absolute atomic E-state index is 5.87. The summed E-state index contributed by atoms with van der Waals surface area (Å²) in [5, 5.41) is 0. The third kappa shape index (κ3) is 1.33. The highest BCUT2D eigenvalue weighted by Gasteiger charge is 2.29. The highest BCUT2D eigenvalue weighted by molar-refractivity contribution is 5.85. The molecule has 0 aromatic heterocycles. The van der Waals surface area contributed by atoms with Gasteiger partial charge in [-0.25, -0.2) is 0 Å². The molecule has 0 fully saturated rings. The van der Waals surface area contributed by atoms with Gasteiger partial charge in [0.1, 0.15) is 0 Å². The maximum Gasteiger partial charge on any atom is 0.0905 e. The smallest absolute Gasteiger partial charge is 0.0905 e. The topological polar surface area (TPSA) is 52.0 Å². The van der Waals surface area contributed by atoms with E-state index in [9.17, 15) is 0 Å². The van der Waals surface area contributed by atoms with Gasteiger partial charge in [-0.2, -0.15) is 0 Å². The van der Waals surface area contributed by atoms with Gasteiger partial charge in [-0.1, -0.05) is 24.3 Å². The molecule has 0 aliphatic heterocycles. The Hall–Kier alpha value is -0.570. The number of fused-ring (bicyclic) bond motifs is 1. The molecule has 0 saturated carbocycles. The van der Waals surface area contributed by atoms with E-state index in [0.717, 1.165) is 18.4 Å². The van der Waals surface area contributed by atoms with Gasteiger partial charge in [0.2, 0.25) is 0 Å². The first kappa shape index (κ1) is 9.52. The Morgan fingerprint density at radius 2 is 1.83 bits per heavy atom. The van der Waals surface area contributed by atoms with Crippen LogP contribution < -0.4 is 11.5 Å². The summed E-state index contributed by atoms with van der Waals surface area (Å²) in [6, 6.07) is 8.12. The average molecular weight is 185 g/mol. The molecule has 0 bridgehead atoms. The van der Waals surface area contributed by atoms with E-state index in [2.05, 4.69) is 6.07 Å². The average Bonchev–Trinajstić information content (AvgIpc) is 2.29. The van der Waals surface area contributed by atoms with E-state index in [1.165, 1.54) is 5.56 Å². The van der Waals surface area contributed by atoms with Gasteiger partial charge in [0.05, 0.1) is 5.66 Å². The number of hydrogen-bond acceptors (Lipinski definition) is 2. The Bertz CT molecular complexity index is 284. The third-order valence-electron chi connectivity index (χ3n) is 2.33. The lowest BCUT2D eigenvalue weighted by atomic mass is 10.0. The van der Waals surface area contributed by atoms with Gasteiger partial charge < -0.3 is 11.5 Å². The van der Waals surface area contributed by atoms with Crippen molar-refractivity contribution in [1.29, 1.82) is 0 Å². The van der Waals surface area contributed by atoms with Crippen molar-refractivity contribution in [3.63, 3.8) is 0 Å². The van der Waals surface area contributed by atoms with Crippen molar-refractivity contribution in [1.82, 2.24) is 0 Å². The summed E-state index contributed by atoms with van der Waals surface area (Å²) in [6.45, 7) is 0. The predicted octanol–water partition coefficient (Wildman–Crippen LogP) is 1.12. The lowest BCUT2D eigenvalue weighted by Gasteiger charge is -2.18. The number of nitrogens with two attached hydrogens (primary N) is 2. The van der Waals surface area contributed by atoms with Crippen molar-refractivity contribution in [3.05, 3.63) is 35.4 Å². The van der Waals surface area contributed by atoms with Crippen molar-refractivity contribution in [2.24, 2.45) is 11.5 Å². The Balaban J connectivity index is 0.000000720. The fourth-order valence-corrected chi connectivity index (χ4v) is 1.67. The lowest BCUT2D eigenvalue weighted by Crippen LogP contribution is -2.43. The van der Waals surface area contributed by atoms with Crippen molar-refractivity contribution < 1.29 is 0 Å². The van der Waals surface area contributed by atoms with Crippen LogP contribution in [0.5, 0.6) is 0 Å². The van der Waals surface area contributed by atoms with Crippen molar-refractivity contribution in [2.75, 3.05) is 0 Å². The number of rotatable bonds is 0. The van der Waals surface area contributed by atoms with E-state index in [1.807, 2.05) is 18.2 Å². The second-order valence-corrected chi connectivity index (χ2v) is 3.20. The minimum Gasteiger partial charge on any atom is -0.310 e. The van der Waals surface area contributed by atoms with Crippen LogP contribution in [-0.2, 0) is 12.1 Å². The first-order chi connectivity index (χ1) is 5.20. The Labute approximate surface area is 78.4 Å². The number of benzene rings is 1. The highest BCUT2D eigenvalue weighted by atomic mass is 35.5. The summed E-state index contributed by atoms with van der Waals surface area (Å²) in [7, 11) is 0. The molecule has 1 aromatic carbocycles. The SMILES string of the molecule is Cl.NC1(N)CCc2ccccc21. The van der Waals surface area contributed by atoms with Crippen LogP contribution in [-0.4, -0.2) is 0 Å². The molecule has 0 amide bonds. The quantitative estimate of drug-likeness (QED) is 0.594. The van der Waals surface area contributed by atoms with E-state index in [0.29, 0.717) is 0 Å². The van der Waals surface area contributed by atoms with Crippen LogP contribution in [0.1, 0.15) is 17.5 Å². The maximum atomic E-state index is 5.87. The van der Waals surface area contributed by atoms with E-state index < -0.39 is 5.66 Å². The van der Waals surface area contributed by atoms with Crippen LogP contribution in [0.15, 0.2) is 24.3 Å². The molecule has 0 atom stereocenters. The van der Waals surface area contributed by atoms with Crippen LogP contribution in [0.25, 0.3) is 0 Å². The first-order valence-corrected chi connectivity index (χ1v) is 3.86. The fraction of sp³-hybridized carbons (Fsp3) is 0.333. The molecule has 1 aromatic rings. The fourth-order valence-electron chi connectivity index (χ4n) is 1.67. The van der Waals surface area contributed by atoms with E-state index >= 15 is 0 Å². The standard InChI is InChI=1S/C9H12N2.ClH/c10-9(11)6-5-7-3-1-2-4-8(7)9;/h1-4H,5-6,10-11H2;1H. The lowest BCUT2D eigenvalue weighted by molar-refractivity contribution is 0.463. The molecular formula is C9H13ClN2. The molecule has 0 unspecified atom stereocenters. The van der Waals surface area contributed by atoms with Gasteiger partial charge in [0.25, 0.3) is 0 Å². The summed E-state index contributed by atoms with van der Waals surface area (Å²) in [5.74, 6) is 0. The molecule has 66 valence electrons. The molecule has 2 rings (SSSR count). The molecule has 3 heteroatoms. The Morgan fingerprint density at radius 3 is 2.50 bits per heavy atom. The summed E-state index contributed by atoms with van der Waals surface area (Å²) in [6.07, 6.45) is 1.88. The van der Waals surface area contributed by atoms with Crippen molar-refractivity contribution >= 4 is 12.4 Å². The van der Waals surface area contributed by atoms with Crippen LogP contribution in [0.2, 0.25) is 0 Å². The summed E-state index contributed by atoms with van der Waals surface area (Å²) in [5.41, 5.74) is 13.6. The molecule has 1 aliphatic carbocycles. The molecule has 2 nitrogen and oxygen atoms in total. The van der Waals surface area contributed by atoms with Crippen LogP contribution in [0.3, 0.4) is 0 Å². The summed E-state index contributed by atoms with van der Waals surface area (Å²) < 4.78 is 0. The molecule has 12 heavy (non-hydrogen) atoms. The Morgan fingerprint density at radius 1 is 1.17 bits per heavy atom. The van der Waals surface area contributed by atoms with Gasteiger partial charge in [-0.15, -0.1) is 12.4 Å². The second-order valence-electron chi connectivity index (χ2n) is 3.20. The molecule has 1 aliphatic rings. The zero-order chi connectivity index (χ0) is 7.90. The second kappa shape index (κ2) is 3.05. The summed E-state index contributed by atoms with van der Waals surface area (Å²) >= 11 is 0. The minimum atomic E-state index is -0.573.